The second-order valence-corrected chi connectivity index (χ2v) is 8.33. The third-order valence-corrected chi connectivity index (χ3v) is 3.68. The van der Waals surface area contributed by atoms with Crippen molar-refractivity contribution in [3.05, 3.63) is 0 Å². The molecule has 2 amide bonds. The molecule has 0 radical (unpaired) electrons. The van der Waals surface area contributed by atoms with Crippen molar-refractivity contribution in [3.63, 3.8) is 0 Å². The quantitative estimate of drug-likeness (QED) is 0.733. The van der Waals surface area contributed by atoms with E-state index in [4.69, 9.17) is 9.47 Å². The summed E-state index contributed by atoms with van der Waals surface area (Å²) in [7, 11) is 0. The van der Waals surface area contributed by atoms with E-state index in [0.29, 0.717) is 12.8 Å². The number of carboxylic acids is 1. The summed E-state index contributed by atoms with van der Waals surface area (Å²) < 4.78 is 10.5. The highest BCUT2D eigenvalue weighted by Crippen LogP contribution is 2.34. The minimum Gasteiger partial charge on any atom is -0.479 e. The van der Waals surface area contributed by atoms with Crippen LogP contribution >= 0.6 is 0 Å². The number of aliphatic carboxylic acids is 1. The van der Waals surface area contributed by atoms with Crippen molar-refractivity contribution in [2.24, 2.45) is 0 Å². The maximum Gasteiger partial charge on any atom is 0.430 e. The Bertz CT molecular complexity index is 512. The number of nitrogens with zero attached hydrogens (tertiary/aromatic N) is 1. The van der Waals surface area contributed by atoms with Crippen LogP contribution in [0.2, 0.25) is 0 Å². The van der Waals surface area contributed by atoms with Crippen molar-refractivity contribution in [1.29, 1.82) is 0 Å². The van der Waals surface area contributed by atoms with Crippen LogP contribution in [-0.4, -0.2) is 45.0 Å². The maximum absolute atomic E-state index is 12.6. The van der Waals surface area contributed by atoms with Gasteiger partial charge in [-0.15, -0.1) is 0 Å². The molecule has 25 heavy (non-hydrogen) atoms. The molecule has 2 N–H and O–H groups in total. The summed E-state index contributed by atoms with van der Waals surface area (Å²) in [5, 5.41) is 10.6. The second kappa shape index (κ2) is 7.49. The molecule has 0 atom stereocenters. The minimum atomic E-state index is -1.54. The molecule has 0 aliphatic heterocycles. The average molecular weight is 358 g/mol. The number of amides is 2. The average Bonchev–Trinajstić information content (AvgIpc) is 2.41. The van der Waals surface area contributed by atoms with Crippen LogP contribution < -0.4 is 5.43 Å². The van der Waals surface area contributed by atoms with Gasteiger partial charge in [-0.25, -0.2) is 19.8 Å². The molecule has 0 spiro atoms. The van der Waals surface area contributed by atoms with Crippen LogP contribution in [0.1, 0.15) is 73.6 Å². The number of carboxylic acid groups (broad SMARTS) is 1. The molecular formula is C17H30N2O6. The number of carbonyl (C=O) groups excluding carboxylic acids is 2. The summed E-state index contributed by atoms with van der Waals surface area (Å²) in [4.78, 5) is 36.8. The first-order valence-electron chi connectivity index (χ1n) is 8.53. The zero-order chi connectivity index (χ0) is 19.5. The molecule has 8 heteroatoms. The third kappa shape index (κ3) is 6.10. The Kier molecular flexibility index (Phi) is 6.31. The van der Waals surface area contributed by atoms with E-state index in [1.54, 1.807) is 41.5 Å². The summed E-state index contributed by atoms with van der Waals surface area (Å²) in [6, 6.07) is 0. The summed E-state index contributed by atoms with van der Waals surface area (Å²) in [5.41, 5.74) is -0.859. The lowest BCUT2D eigenvalue weighted by molar-refractivity contribution is -0.156. The molecule has 1 rings (SSSR count). The van der Waals surface area contributed by atoms with Crippen LogP contribution in [0.25, 0.3) is 0 Å². The first kappa shape index (κ1) is 21.1. The SMILES string of the molecule is CC(C)(C)OC(=O)NN(C(=O)OC(C)(C)C)C1(C(=O)O)CCCCC1. The number of ether oxygens (including phenoxy) is 2. The van der Waals surface area contributed by atoms with Gasteiger partial charge in [0.1, 0.15) is 11.2 Å². The van der Waals surface area contributed by atoms with Gasteiger partial charge in [0.25, 0.3) is 0 Å². The van der Waals surface area contributed by atoms with Crippen molar-refractivity contribution in [2.45, 2.75) is 90.4 Å². The predicted molar refractivity (Wildman–Crippen MR) is 90.9 cm³/mol. The van der Waals surface area contributed by atoms with Gasteiger partial charge in [0.2, 0.25) is 0 Å². The fourth-order valence-electron chi connectivity index (χ4n) is 2.70. The molecule has 0 heterocycles. The van der Waals surface area contributed by atoms with Crippen LogP contribution in [0, 0.1) is 0 Å². The lowest BCUT2D eigenvalue weighted by Gasteiger charge is -2.42. The van der Waals surface area contributed by atoms with Crippen LogP contribution in [0.3, 0.4) is 0 Å². The smallest absolute Gasteiger partial charge is 0.430 e. The summed E-state index contributed by atoms with van der Waals surface area (Å²) >= 11 is 0. The van der Waals surface area contributed by atoms with Crippen molar-refractivity contribution in [3.8, 4) is 0 Å². The maximum atomic E-state index is 12.6. The van der Waals surface area contributed by atoms with Crippen molar-refractivity contribution in [2.75, 3.05) is 0 Å². The Morgan fingerprint density at radius 1 is 0.920 bits per heavy atom. The van der Waals surface area contributed by atoms with Crippen molar-refractivity contribution >= 4 is 18.2 Å². The Labute approximate surface area is 148 Å². The molecule has 1 aliphatic carbocycles. The number of carbonyl (C=O) groups is 3. The summed E-state index contributed by atoms with van der Waals surface area (Å²) in [6.07, 6.45) is 0.814. The van der Waals surface area contributed by atoms with Gasteiger partial charge in [0.05, 0.1) is 0 Å². The minimum absolute atomic E-state index is 0.234. The highest BCUT2D eigenvalue weighted by atomic mass is 16.6. The number of hydrogen-bond acceptors (Lipinski definition) is 5. The summed E-state index contributed by atoms with van der Waals surface area (Å²) in [6.45, 7) is 10.1. The van der Waals surface area contributed by atoms with Crippen LogP contribution in [0.5, 0.6) is 0 Å². The van der Waals surface area contributed by atoms with E-state index in [1.165, 1.54) is 0 Å². The number of hydrazine groups is 1. The molecule has 0 unspecified atom stereocenters. The highest BCUT2D eigenvalue weighted by Gasteiger charge is 2.50. The zero-order valence-corrected chi connectivity index (χ0v) is 16.0. The molecule has 0 aromatic heterocycles. The molecule has 1 saturated carbocycles. The standard InChI is InChI=1S/C17H30N2O6/c1-15(2,3)24-13(22)18-19(14(23)25-16(4,5)6)17(12(20)21)10-8-7-9-11-17/h7-11H2,1-6H3,(H,18,22)(H,20,21). The second-order valence-electron chi connectivity index (χ2n) is 8.33. The highest BCUT2D eigenvalue weighted by molar-refractivity contribution is 5.86. The third-order valence-electron chi connectivity index (χ3n) is 3.68. The largest absolute Gasteiger partial charge is 0.479 e. The van der Waals surface area contributed by atoms with Crippen molar-refractivity contribution < 1.29 is 29.0 Å². The number of nitrogens with one attached hydrogen (secondary N) is 1. The zero-order valence-electron chi connectivity index (χ0n) is 16.0. The molecule has 144 valence electrons. The molecule has 8 nitrogen and oxygen atoms in total. The molecule has 1 aliphatic rings. The molecule has 0 saturated heterocycles. The predicted octanol–water partition coefficient (Wildman–Crippen LogP) is 3.45. The first-order valence-corrected chi connectivity index (χ1v) is 8.53. The number of hydrogen-bond donors (Lipinski definition) is 2. The number of rotatable bonds is 2. The van der Waals surface area contributed by atoms with Crippen molar-refractivity contribution in [1.82, 2.24) is 10.4 Å². The molecular weight excluding hydrogens is 328 g/mol. The van der Waals surface area contributed by atoms with Crippen LogP contribution in [-0.2, 0) is 14.3 Å². The van der Waals surface area contributed by atoms with Gasteiger partial charge in [0, 0.05) is 0 Å². The van der Waals surface area contributed by atoms with Crippen LogP contribution in [0.4, 0.5) is 9.59 Å². The van der Waals surface area contributed by atoms with E-state index in [0.717, 1.165) is 11.4 Å². The normalized spacial score (nSPS) is 17.4. The Balaban J connectivity index is 3.14. The summed E-state index contributed by atoms with van der Waals surface area (Å²) in [5.74, 6) is -1.17. The monoisotopic (exact) mass is 358 g/mol. The molecule has 0 bridgehead atoms. The topological polar surface area (TPSA) is 105 Å². The van der Waals surface area contributed by atoms with E-state index in [-0.39, 0.29) is 12.8 Å². The van der Waals surface area contributed by atoms with Gasteiger partial charge in [-0.2, -0.15) is 5.01 Å². The lowest BCUT2D eigenvalue weighted by atomic mass is 9.81. The van der Waals surface area contributed by atoms with E-state index in [2.05, 4.69) is 5.43 Å². The van der Waals surface area contributed by atoms with Gasteiger partial charge in [-0.3, -0.25) is 0 Å². The van der Waals surface area contributed by atoms with E-state index in [9.17, 15) is 19.5 Å². The van der Waals surface area contributed by atoms with Crippen LogP contribution in [0.15, 0.2) is 0 Å². The Morgan fingerprint density at radius 2 is 1.40 bits per heavy atom. The molecule has 0 aromatic rings. The van der Waals surface area contributed by atoms with E-state index >= 15 is 0 Å². The fraction of sp³-hybridized carbons (Fsp3) is 0.824. The van der Waals surface area contributed by atoms with Gasteiger partial charge in [0.15, 0.2) is 5.54 Å². The van der Waals surface area contributed by atoms with Gasteiger partial charge in [-0.1, -0.05) is 19.3 Å². The Morgan fingerprint density at radius 3 is 1.80 bits per heavy atom. The van der Waals surface area contributed by atoms with E-state index in [1.807, 2.05) is 0 Å². The van der Waals surface area contributed by atoms with E-state index < -0.39 is 34.9 Å². The fourth-order valence-corrected chi connectivity index (χ4v) is 2.70. The first-order chi connectivity index (χ1) is 11.3. The van der Waals surface area contributed by atoms with Gasteiger partial charge in [-0.05, 0) is 54.4 Å². The molecule has 1 fully saturated rings. The molecule has 0 aromatic carbocycles. The van der Waals surface area contributed by atoms with Gasteiger partial charge < -0.3 is 14.6 Å². The van der Waals surface area contributed by atoms with Gasteiger partial charge >= 0.3 is 18.2 Å². The lowest BCUT2D eigenvalue weighted by Crippen LogP contribution is -2.65. The Hall–Kier alpha value is -1.99.